The number of hydrogen-bond donors (Lipinski definition) is 0. The number of carbonyl (C=O) groups is 3. The van der Waals surface area contributed by atoms with Gasteiger partial charge < -0.3 is 28.4 Å². The first-order valence-electron chi connectivity index (χ1n) is 18.2. The summed E-state index contributed by atoms with van der Waals surface area (Å²) in [7, 11) is 1.64. The summed E-state index contributed by atoms with van der Waals surface area (Å²) in [5.74, 6) is 0.931. The molecule has 0 amide bonds. The SMILES string of the molecule is CCCCCC(=O)Oc1ccc(-c2ccc(OC(=O)[C@H]3CC[C@H](C(=O)Oc4ccc(-c5ccc(OCCOCCOC)cc5)cc4)CC3)cc2)cc1. The fourth-order valence-corrected chi connectivity index (χ4v) is 6.02. The van der Waals surface area contributed by atoms with Crippen LogP contribution in [0.2, 0.25) is 0 Å². The molecule has 9 nitrogen and oxygen atoms in total. The maximum Gasteiger partial charge on any atom is 0.314 e. The molecule has 0 radical (unpaired) electrons. The van der Waals surface area contributed by atoms with Gasteiger partial charge in [0, 0.05) is 13.5 Å². The number of methoxy groups -OCH3 is 1. The first-order valence-corrected chi connectivity index (χ1v) is 18.2. The third-order valence-electron chi connectivity index (χ3n) is 9.06. The van der Waals surface area contributed by atoms with Crippen molar-refractivity contribution in [1.82, 2.24) is 0 Å². The Morgan fingerprint density at radius 1 is 0.519 bits per heavy atom. The molecule has 52 heavy (non-hydrogen) atoms. The molecule has 0 heterocycles. The van der Waals surface area contributed by atoms with Crippen LogP contribution in [0, 0.1) is 11.8 Å². The molecule has 1 saturated carbocycles. The van der Waals surface area contributed by atoms with Gasteiger partial charge in [-0.05, 0) is 103 Å². The quantitative estimate of drug-likeness (QED) is 0.0569. The zero-order valence-electron chi connectivity index (χ0n) is 30.1. The summed E-state index contributed by atoms with van der Waals surface area (Å²) in [6.45, 7) is 4.16. The number of hydrogen-bond acceptors (Lipinski definition) is 9. The summed E-state index contributed by atoms with van der Waals surface area (Å²) in [4.78, 5) is 37.9. The van der Waals surface area contributed by atoms with Crippen molar-refractivity contribution in [2.75, 3.05) is 33.5 Å². The summed E-state index contributed by atoms with van der Waals surface area (Å²) < 4.78 is 32.9. The highest BCUT2D eigenvalue weighted by atomic mass is 16.6. The van der Waals surface area contributed by atoms with E-state index in [0.717, 1.165) is 47.3 Å². The minimum atomic E-state index is -0.285. The Kier molecular flexibility index (Phi) is 14.8. The number of benzene rings is 4. The predicted molar refractivity (Wildman–Crippen MR) is 198 cm³/mol. The molecule has 1 aliphatic rings. The molecule has 5 rings (SSSR count). The lowest BCUT2D eigenvalue weighted by Crippen LogP contribution is -2.30. The predicted octanol–water partition coefficient (Wildman–Crippen LogP) is 8.87. The first kappa shape index (κ1) is 38.2. The number of unbranched alkanes of at least 4 members (excludes halogenated alkanes) is 2. The van der Waals surface area contributed by atoms with E-state index >= 15 is 0 Å². The molecule has 0 atom stereocenters. The van der Waals surface area contributed by atoms with E-state index in [-0.39, 0.29) is 29.7 Å². The maximum absolute atomic E-state index is 13.0. The molecule has 0 unspecified atom stereocenters. The maximum atomic E-state index is 13.0. The highest BCUT2D eigenvalue weighted by Gasteiger charge is 2.32. The molecule has 4 aromatic carbocycles. The van der Waals surface area contributed by atoms with Crippen LogP contribution in [0.4, 0.5) is 0 Å². The summed E-state index contributed by atoms with van der Waals surface area (Å²) in [5, 5.41) is 0. The molecular formula is C43H48O9. The second-order valence-corrected chi connectivity index (χ2v) is 12.9. The topological polar surface area (TPSA) is 107 Å². The fraction of sp³-hybridized carbons (Fsp3) is 0.372. The van der Waals surface area contributed by atoms with Gasteiger partial charge in [-0.15, -0.1) is 0 Å². The summed E-state index contributed by atoms with van der Waals surface area (Å²) in [5.41, 5.74) is 3.92. The summed E-state index contributed by atoms with van der Waals surface area (Å²) in [6, 6.07) is 29.9. The highest BCUT2D eigenvalue weighted by molar-refractivity contribution is 5.78. The average molecular weight is 709 g/mol. The van der Waals surface area contributed by atoms with Crippen molar-refractivity contribution in [2.45, 2.75) is 58.3 Å². The van der Waals surface area contributed by atoms with Gasteiger partial charge in [0.2, 0.25) is 0 Å². The fourth-order valence-electron chi connectivity index (χ4n) is 6.02. The van der Waals surface area contributed by atoms with Crippen LogP contribution in [0.25, 0.3) is 22.3 Å². The van der Waals surface area contributed by atoms with Gasteiger partial charge in [0.25, 0.3) is 0 Å². The second kappa shape index (κ2) is 20.2. The Morgan fingerprint density at radius 3 is 1.35 bits per heavy atom. The molecule has 0 aromatic heterocycles. The Bertz CT molecular complexity index is 1690. The Hall–Kier alpha value is -4.99. The monoisotopic (exact) mass is 708 g/mol. The molecule has 0 saturated heterocycles. The van der Waals surface area contributed by atoms with Gasteiger partial charge >= 0.3 is 17.9 Å². The van der Waals surface area contributed by atoms with E-state index in [1.54, 1.807) is 43.5 Å². The molecule has 0 bridgehead atoms. The zero-order chi connectivity index (χ0) is 36.5. The van der Waals surface area contributed by atoms with Crippen LogP contribution in [0.15, 0.2) is 97.1 Å². The third-order valence-corrected chi connectivity index (χ3v) is 9.06. The van der Waals surface area contributed by atoms with E-state index in [1.807, 2.05) is 60.7 Å². The zero-order valence-corrected chi connectivity index (χ0v) is 30.1. The van der Waals surface area contributed by atoms with Gasteiger partial charge in [-0.1, -0.05) is 68.3 Å². The van der Waals surface area contributed by atoms with E-state index in [0.29, 0.717) is 75.8 Å². The Morgan fingerprint density at radius 2 is 0.923 bits per heavy atom. The number of carbonyl (C=O) groups excluding carboxylic acids is 3. The largest absolute Gasteiger partial charge is 0.491 e. The molecule has 1 fully saturated rings. The number of rotatable bonds is 18. The van der Waals surface area contributed by atoms with Crippen LogP contribution in [-0.2, 0) is 23.9 Å². The molecular weight excluding hydrogens is 660 g/mol. The lowest BCUT2D eigenvalue weighted by atomic mass is 9.82. The van der Waals surface area contributed by atoms with Crippen molar-refractivity contribution in [3.8, 4) is 45.3 Å². The van der Waals surface area contributed by atoms with Crippen molar-refractivity contribution < 1.29 is 42.8 Å². The van der Waals surface area contributed by atoms with Crippen molar-refractivity contribution in [3.05, 3.63) is 97.1 Å². The van der Waals surface area contributed by atoms with Crippen LogP contribution < -0.4 is 18.9 Å². The van der Waals surface area contributed by atoms with E-state index in [1.165, 1.54) is 0 Å². The van der Waals surface area contributed by atoms with Crippen LogP contribution >= 0.6 is 0 Å². The normalized spacial score (nSPS) is 15.4. The van der Waals surface area contributed by atoms with Gasteiger partial charge in [-0.3, -0.25) is 14.4 Å². The van der Waals surface area contributed by atoms with E-state index in [2.05, 4.69) is 6.92 Å². The average Bonchev–Trinajstić information content (AvgIpc) is 3.17. The standard InChI is InChI=1S/C43H48O9/c1-3-4-5-6-41(44)50-38-21-13-32(14-22-38)34-17-25-40(26-18-34)52-43(46)36-9-7-35(8-10-36)42(45)51-39-23-15-33(16-24-39)31-11-19-37(20-12-31)49-30-29-48-28-27-47-2/h11-26,35-36H,3-10,27-30H2,1-2H3/t35-,36-. The van der Waals surface area contributed by atoms with Crippen molar-refractivity contribution in [3.63, 3.8) is 0 Å². The summed E-state index contributed by atoms with van der Waals surface area (Å²) in [6.07, 6.45) is 5.57. The third kappa shape index (κ3) is 11.8. The van der Waals surface area contributed by atoms with Gasteiger partial charge in [-0.25, -0.2) is 0 Å². The van der Waals surface area contributed by atoms with Gasteiger partial charge in [0.05, 0.1) is 31.7 Å². The number of ether oxygens (including phenoxy) is 6. The molecule has 4 aromatic rings. The smallest absolute Gasteiger partial charge is 0.314 e. The van der Waals surface area contributed by atoms with Crippen LogP contribution in [0.3, 0.4) is 0 Å². The molecule has 0 N–H and O–H groups in total. The van der Waals surface area contributed by atoms with E-state index < -0.39 is 0 Å². The molecule has 1 aliphatic carbocycles. The summed E-state index contributed by atoms with van der Waals surface area (Å²) >= 11 is 0. The molecule has 0 aliphatic heterocycles. The number of esters is 3. The van der Waals surface area contributed by atoms with Crippen molar-refractivity contribution in [2.24, 2.45) is 11.8 Å². The lowest BCUT2D eigenvalue weighted by molar-refractivity contribution is -0.145. The molecule has 274 valence electrons. The van der Waals surface area contributed by atoms with E-state index in [4.69, 9.17) is 28.4 Å². The molecule has 9 heteroatoms. The minimum Gasteiger partial charge on any atom is -0.491 e. The highest BCUT2D eigenvalue weighted by Crippen LogP contribution is 2.33. The second-order valence-electron chi connectivity index (χ2n) is 12.9. The van der Waals surface area contributed by atoms with Crippen LogP contribution in [-0.4, -0.2) is 51.4 Å². The first-order chi connectivity index (χ1) is 25.4. The van der Waals surface area contributed by atoms with Gasteiger partial charge in [0.1, 0.15) is 29.6 Å². The van der Waals surface area contributed by atoms with Crippen molar-refractivity contribution >= 4 is 17.9 Å². The minimum absolute atomic E-state index is 0.218. The Balaban J connectivity index is 1.02. The van der Waals surface area contributed by atoms with E-state index in [9.17, 15) is 14.4 Å². The van der Waals surface area contributed by atoms with Gasteiger partial charge in [0.15, 0.2) is 0 Å². The van der Waals surface area contributed by atoms with Crippen LogP contribution in [0.5, 0.6) is 23.0 Å². The van der Waals surface area contributed by atoms with Crippen LogP contribution in [0.1, 0.15) is 58.3 Å². The van der Waals surface area contributed by atoms with Crippen molar-refractivity contribution in [1.29, 1.82) is 0 Å². The molecule has 0 spiro atoms. The van der Waals surface area contributed by atoms with Gasteiger partial charge in [-0.2, -0.15) is 0 Å². The lowest BCUT2D eigenvalue weighted by Gasteiger charge is -2.25. The Labute approximate surface area is 306 Å².